The van der Waals surface area contributed by atoms with Crippen LogP contribution in [0.15, 0.2) is 60.9 Å². The zero-order valence-corrected chi connectivity index (χ0v) is 17.5. The van der Waals surface area contributed by atoms with Crippen LogP contribution in [-0.4, -0.2) is 21.4 Å². The molecule has 0 radical (unpaired) electrons. The van der Waals surface area contributed by atoms with Gasteiger partial charge in [-0.05, 0) is 72.6 Å². The van der Waals surface area contributed by atoms with E-state index in [2.05, 4.69) is 64.3 Å². The van der Waals surface area contributed by atoms with Crippen molar-refractivity contribution in [2.75, 3.05) is 10.7 Å². The number of imidazole rings is 1. The van der Waals surface area contributed by atoms with E-state index in [1.165, 1.54) is 22.3 Å². The highest BCUT2D eigenvalue weighted by molar-refractivity contribution is 5.82. The molecule has 3 aromatic rings. The van der Waals surface area contributed by atoms with E-state index >= 15 is 0 Å². The van der Waals surface area contributed by atoms with Crippen molar-refractivity contribution in [3.8, 4) is 11.1 Å². The molecule has 0 amide bonds. The van der Waals surface area contributed by atoms with Gasteiger partial charge >= 0.3 is 0 Å². The molecule has 0 spiro atoms. The summed E-state index contributed by atoms with van der Waals surface area (Å²) in [5.41, 5.74) is 23.3. The summed E-state index contributed by atoms with van der Waals surface area (Å²) in [5.74, 6) is 1.17. The minimum Gasteiger partial charge on any atom is -0.353 e. The van der Waals surface area contributed by atoms with Gasteiger partial charge in [-0.2, -0.15) is 0 Å². The summed E-state index contributed by atoms with van der Waals surface area (Å²) >= 11 is 0. The van der Waals surface area contributed by atoms with E-state index < -0.39 is 5.66 Å². The van der Waals surface area contributed by atoms with Crippen molar-refractivity contribution >= 4 is 11.4 Å². The van der Waals surface area contributed by atoms with Crippen LogP contribution >= 0.6 is 0 Å². The molecule has 2 aliphatic carbocycles. The van der Waals surface area contributed by atoms with Gasteiger partial charge in [0.05, 0.1) is 5.70 Å². The fraction of sp³-hybridized carbons (Fsp3) is 0.320. The van der Waals surface area contributed by atoms with E-state index in [4.69, 9.17) is 11.5 Å². The van der Waals surface area contributed by atoms with Crippen LogP contribution < -0.4 is 22.2 Å². The standard InChI is InChI=1S/C25H28N6/c26-19-7-5-18(6-8-19)25(27)15-23(24-28-11-12-31(24)30-25)29-20-9-10-22-17(14-20)13-16-3-1-2-4-21(16)22/h1-4,9-12,14-15,18-19,29-30H,5-8,13,26-27H2. The number of fused-ring (bicyclic) bond motifs is 4. The molecule has 31 heavy (non-hydrogen) atoms. The first-order valence-electron chi connectivity index (χ1n) is 11.2. The minimum absolute atomic E-state index is 0.296. The molecule has 6 nitrogen and oxygen atoms in total. The van der Waals surface area contributed by atoms with Crippen molar-refractivity contribution in [1.29, 1.82) is 0 Å². The van der Waals surface area contributed by atoms with Crippen molar-refractivity contribution < 1.29 is 0 Å². The van der Waals surface area contributed by atoms with Gasteiger partial charge in [0.15, 0.2) is 5.82 Å². The van der Waals surface area contributed by atoms with Gasteiger partial charge in [0.25, 0.3) is 0 Å². The first kappa shape index (κ1) is 18.7. The minimum atomic E-state index is -0.636. The van der Waals surface area contributed by atoms with Gasteiger partial charge in [0.2, 0.25) is 0 Å². The zero-order valence-electron chi connectivity index (χ0n) is 17.5. The molecule has 1 aromatic heterocycles. The van der Waals surface area contributed by atoms with Crippen molar-refractivity contribution in [3.05, 3.63) is 77.9 Å². The highest BCUT2D eigenvalue weighted by Crippen LogP contribution is 2.39. The van der Waals surface area contributed by atoms with Crippen LogP contribution in [0.2, 0.25) is 0 Å². The van der Waals surface area contributed by atoms with Gasteiger partial charge in [-0.15, -0.1) is 0 Å². The molecule has 158 valence electrons. The molecule has 2 heterocycles. The van der Waals surface area contributed by atoms with E-state index in [0.29, 0.717) is 12.0 Å². The number of hydrogen-bond acceptors (Lipinski definition) is 5. The van der Waals surface area contributed by atoms with E-state index in [0.717, 1.165) is 49.3 Å². The summed E-state index contributed by atoms with van der Waals surface area (Å²) in [4.78, 5) is 4.56. The van der Waals surface area contributed by atoms with Crippen LogP contribution in [0.5, 0.6) is 0 Å². The predicted octanol–water partition coefficient (Wildman–Crippen LogP) is 3.64. The number of nitrogens with two attached hydrogens (primary N) is 2. The topological polar surface area (TPSA) is 93.9 Å². The second kappa shape index (κ2) is 6.97. The summed E-state index contributed by atoms with van der Waals surface area (Å²) in [6.07, 6.45) is 10.9. The number of rotatable bonds is 3. The Kier molecular flexibility index (Phi) is 4.20. The fourth-order valence-corrected chi connectivity index (χ4v) is 5.41. The normalized spacial score (nSPS) is 26.3. The van der Waals surface area contributed by atoms with Crippen molar-refractivity contribution in [2.24, 2.45) is 17.4 Å². The van der Waals surface area contributed by atoms with Crippen LogP contribution in [0.4, 0.5) is 5.69 Å². The van der Waals surface area contributed by atoms with Crippen LogP contribution in [0.1, 0.15) is 42.6 Å². The number of anilines is 1. The van der Waals surface area contributed by atoms with Gasteiger partial charge < -0.3 is 22.2 Å². The van der Waals surface area contributed by atoms with E-state index in [-0.39, 0.29) is 0 Å². The van der Waals surface area contributed by atoms with Crippen molar-refractivity contribution in [2.45, 2.75) is 43.8 Å². The lowest BCUT2D eigenvalue weighted by molar-refractivity contribution is 0.239. The molecule has 6 heteroatoms. The third-order valence-electron chi connectivity index (χ3n) is 7.10. The number of benzene rings is 2. The fourth-order valence-electron chi connectivity index (χ4n) is 5.41. The Labute approximate surface area is 182 Å². The third-order valence-corrected chi connectivity index (χ3v) is 7.10. The maximum Gasteiger partial charge on any atom is 0.174 e. The number of nitrogens with one attached hydrogen (secondary N) is 2. The number of hydrogen-bond donors (Lipinski definition) is 4. The predicted molar refractivity (Wildman–Crippen MR) is 125 cm³/mol. The SMILES string of the molecule is NC1CCC(C2(N)C=C(Nc3ccc4c(c3)Cc3ccccc3-4)c3nccn3N2)CC1. The molecule has 1 saturated carbocycles. The third kappa shape index (κ3) is 3.14. The van der Waals surface area contributed by atoms with Gasteiger partial charge in [-0.25, -0.2) is 9.66 Å². The number of aromatic nitrogens is 2. The van der Waals surface area contributed by atoms with Gasteiger partial charge in [0.1, 0.15) is 5.66 Å². The Bertz CT molecular complexity index is 1170. The van der Waals surface area contributed by atoms with Gasteiger partial charge in [-0.3, -0.25) is 0 Å². The Morgan fingerprint density at radius 2 is 1.84 bits per heavy atom. The number of nitrogens with zero attached hydrogens (tertiary/aromatic N) is 2. The molecule has 0 saturated heterocycles. The lowest BCUT2D eigenvalue weighted by Crippen LogP contribution is -2.58. The Morgan fingerprint density at radius 3 is 2.71 bits per heavy atom. The molecule has 0 bridgehead atoms. The van der Waals surface area contributed by atoms with Crippen molar-refractivity contribution in [3.63, 3.8) is 0 Å². The van der Waals surface area contributed by atoms with E-state index in [9.17, 15) is 0 Å². The maximum atomic E-state index is 6.93. The summed E-state index contributed by atoms with van der Waals surface area (Å²) < 4.78 is 1.94. The average Bonchev–Trinajstić information content (AvgIpc) is 3.38. The van der Waals surface area contributed by atoms with E-state index in [1.54, 1.807) is 6.20 Å². The van der Waals surface area contributed by atoms with Crippen LogP contribution in [0.3, 0.4) is 0 Å². The summed E-state index contributed by atoms with van der Waals surface area (Å²) in [7, 11) is 0. The van der Waals surface area contributed by atoms with Crippen LogP contribution in [0.25, 0.3) is 16.8 Å². The molecule has 1 unspecified atom stereocenters. The Balaban J connectivity index is 1.32. The highest BCUT2D eigenvalue weighted by Gasteiger charge is 2.39. The van der Waals surface area contributed by atoms with Crippen LogP contribution in [0, 0.1) is 5.92 Å². The molecule has 1 aliphatic heterocycles. The second-order valence-electron chi connectivity index (χ2n) is 9.17. The zero-order chi connectivity index (χ0) is 21.0. The van der Waals surface area contributed by atoms with Gasteiger partial charge in [0, 0.05) is 30.0 Å². The highest BCUT2D eigenvalue weighted by atomic mass is 15.5. The Hall–Kier alpha value is -3.09. The van der Waals surface area contributed by atoms with E-state index in [1.807, 2.05) is 10.9 Å². The van der Waals surface area contributed by atoms with Gasteiger partial charge in [-0.1, -0.05) is 30.3 Å². The first-order valence-corrected chi connectivity index (χ1v) is 11.2. The lowest BCUT2D eigenvalue weighted by atomic mass is 9.78. The lowest BCUT2D eigenvalue weighted by Gasteiger charge is -2.42. The molecule has 6 rings (SSSR count). The second-order valence-corrected chi connectivity index (χ2v) is 9.17. The quantitative estimate of drug-likeness (QED) is 0.412. The molecular formula is C25H28N6. The largest absolute Gasteiger partial charge is 0.353 e. The summed E-state index contributed by atoms with van der Waals surface area (Å²) in [5, 5.41) is 3.62. The smallest absolute Gasteiger partial charge is 0.174 e. The summed E-state index contributed by atoms with van der Waals surface area (Å²) in [6, 6.07) is 15.6. The molecule has 2 aromatic carbocycles. The molecule has 1 fully saturated rings. The van der Waals surface area contributed by atoms with Crippen LogP contribution in [-0.2, 0) is 6.42 Å². The molecule has 1 atom stereocenters. The molecule has 3 aliphatic rings. The molecular weight excluding hydrogens is 384 g/mol. The molecule has 6 N–H and O–H groups in total. The average molecular weight is 413 g/mol. The summed E-state index contributed by atoms with van der Waals surface area (Å²) in [6.45, 7) is 0. The maximum absolute atomic E-state index is 6.93. The van der Waals surface area contributed by atoms with Crippen molar-refractivity contribution in [1.82, 2.24) is 9.66 Å². The Morgan fingerprint density at radius 1 is 1.03 bits per heavy atom. The first-order chi connectivity index (χ1) is 15.1. The monoisotopic (exact) mass is 412 g/mol.